The molecule has 1 heterocycles. The molecule has 0 aliphatic carbocycles. The van der Waals surface area contributed by atoms with E-state index in [1.165, 1.54) is 18.3 Å². The van der Waals surface area contributed by atoms with Crippen LogP contribution in [0.2, 0.25) is 0 Å². The van der Waals surface area contributed by atoms with Gasteiger partial charge in [0, 0.05) is 0 Å². The number of anilines is 1. The van der Waals surface area contributed by atoms with E-state index in [2.05, 4.69) is 4.98 Å². The molecule has 0 radical (unpaired) electrons. The van der Waals surface area contributed by atoms with Crippen molar-refractivity contribution >= 4 is 26.7 Å². The van der Waals surface area contributed by atoms with E-state index in [-0.39, 0.29) is 11.5 Å². The van der Waals surface area contributed by atoms with Crippen LogP contribution < -0.4 is 5.73 Å². The normalized spacial score (nSPS) is 12.6. The van der Waals surface area contributed by atoms with Crippen LogP contribution >= 0.6 is 11.3 Å². The Morgan fingerprint density at radius 2 is 1.94 bits per heavy atom. The second-order valence-corrected chi connectivity index (χ2v) is 5.55. The fourth-order valence-electron chi connectivity index (χ4n) is 2.19. The van der Waals surface area contributed by atoms with E-state index in [9.17, 15) is 13.2 Å². The summed E-state index contributed by atoms with van der Waals surface area (Å²) in [7, 11) is 0. The predicted molar refractivity (Wildman–Crippen MR) is 67.9 cm³/mol. The molecule has 0 atom stereocenters. The summed E-state index contributed by atoms with van der Waals surface area (Å²) in [5.41, 5.74) is 6.27. The first-order chi connectivity index (χ1) is 8.21. The number of hydrogen-bond acceptors (Lipinski definition) is 3. The van der Waals surface area contributed by atoms with Gasteiger partial charge in [0.2, 0.25) is 0 Å². The number of benzene rings is 1. The van der Waals surface area contributed by atoms with E-state index in [4.69, 9.17) is 5.73 Å². The molecule has 2 aromatic rings. The lowest BCUT2D eigenvalue weighted by Gasteiger charge is -2.17. The average molecular weight is 274 g/mol. The van der Waals surface area contributed by atoms with Gasteiger partial charge in [-0.15, -0.1) is 0 Å². The SMILES string of the molecule is Cc1c(C(F)(F)F)cc2nc(N)sc2c1C(C)C. The lowest BCUT2D eigenvalue weighted by Crippen LogP contribution is -2.10. The number of thiazole rings is 1. The summed E-state index contributed by atoms with van der Waals surface area (Å²) in [6.45, 7) is 5.25. The Balaban J connectivity index is 2.88. The number of fused-ring (bicyclic) bond motifs is 1. The molecule has 0 spiro atoms. The van der Waals surface area contributed by atoms with Crippen molar-refractivity contribution in [2.45, 2.75) is 32.9 Å². The quantitative estimate of drug-likeness (QED) is 0.840. The van der Waals surface area contributed by atoms with Crippen molar-refractivity contribution in [3.63, 3.8) is 0 Å². The largest absolute Gasteiger partial charge is 0.416 e. The maximum atomic E-state index is 13.0. The Morgan fingerprint density at radius 3 is 2.44 bits per heavy atom. The summed E-state index contributed by atoms with van der Waals surface area (Å²) in [6.07, 6.45) is -4.36. The minimum atomic E-state index is -4.36. The molecular formula is C12H13F3N2S. The van der Waals surface area contributed by atoms with Crippen LogP contribution in [0, 0.1) is 6.92 Å². The molecule has 0 aliphatic heterocycles. The Bertz CT molecular complexity index is 599. The molecule has 0 fully saturated rings. The van der Waals surface area contributed by atoms with Crippen molar-refractivity contribution in [2.24, 2.45) is 0 Å². The lowest BCUT2D eigenvalue weighted by molar-refractivity contribution is -0.138. The number of rotatable bonds is 1. The van der Waals surface area contributed by atoms with Gasteiger partial charge in [0.15, 0.2) is 5.13 Å². The van der Waals surface area contributed by atoms with E-state index < -0.39 is 11.7 Å². The fraction of sp³-hybridized carbons (Fsp3) is 0.417. The summed E-state index contributed by atoms with van der Waals surface area (Å²) in [4.78, 5) is 3.97. The molecule has 2 rings (SSSR count). The third-order valence-electron chi connectivity index (χ3n) is 2.89. The number of nitrogens with zero attached hydrogens (tertiary/aromatic N) is 1. The van der Waals surface area contributed by atoms with Crippen LogP contribution in [0.5, 0.6) is 0 Å². The van der Waals surface area contributed by atoms with Gasteiger partial charge in [-0.3, -0.25) is 0 Å². The van der Waals surface area contributed by atoms with Crippen LogP contribution in [0.4, 0.5) is 18.3 Å². The monoisotopic (exact) mass is 274 g/mol. The van der Waals surface area contributed by atoms with E-state index in [1.54, 1.807) is 0 Å². The molecule has 0 saturated heterocycles. The van der Waals surface area contributed by atoms with Crippen LogP contribution in [-0.4, -0.2) is 4.98 Å². The molecule has 0 amide bonds. The zero-order chi connectivity index (χ0) is 13.7. The Labute approximate surface area is 107 Å². The molecule has 0 saturated carbocycles. The number of alkyl halides is 3. The number of hydrogen-bond donors (Lipinski definition) is 1. The lowest BCUT2D eigenvalue weighted by atomic mass is 9.93. The molecule has 98 valence electrons. The third-order valence-corrected chi connectivity index (χ3v) is 3.82. The standard InChI is InChI=1S/C12H13F3N2S/c1-5(2)9-6(3)7(12(13,14)15)4-8-10(9)18-11(16)17-8/h4-5H,1-3H3,(H2,16,17). The zero-order valence-corrected chi connectivity index (χ0v) is 11.0. The summed E-state index contributed by atoms with van der Waals surface area (Å²) in [5, 5.41) is 0.297. The molecule has 0 aliphatic rings. The van der Waals surface area contributed by atoms with Gasteiger partial charge in [-0.2, -0.15) is 13.2 Å². The van der Waals surface area contributed by atoms with Crippen LogP contribution in [0.25, 0.3) is 10.2 Å². The Morgan fingerprint density at radius 1 is 1.33 bits per heavy atom. The molecule has 2 N–H and O–H groups in total. The molecular weight excluding hydrogens is 261 g/mol. The van der Waals surface area contributed by atoms with Crippen molar-refractivity contribution in [2.75, 3.05) is 5.73 Å². The van der Waals surface area contributed by atoms with Crippen LogP contribution in [0.1, 0.15) is 36.5 Å². The highest BCUT2D eigenvalue weighted by molar-refractivity contribution is 7.22. The summed E-state index contributed by atoms with van der Waals surface area (Å²) < 4.78 is 39.7. The second kappa shape index (κ2) is 4.12. The van der Waals surface area contributed by atoms with Gasteiger partial charge in [-0.25, -0.2) is 4.98 Å². The van der Waals surface area contributed by atoms with E-state index in [0.29, 0.717) is 16.2 Å². The van der Waals surface area contributed by atoms with Crippen LogP contribution in [-0.2, 0) is 6.18 Å². The predicted octanol–water partition coefficient (Wildman–Crippen LogP) is 4.33. The number of halogens is 3. The molecule has 1 aromatic heterocycles. The van der Waals surface area contributed by atoms with Crippen molar-refractivity contribution < 1.29 is 13.2 Å². The Hall–Kier alpha value is -1.30. The second-order valence-electron chi connectivity index (χ2n) is 4.52. The first kappa shape index (κ1) is 13.1. The van der Waals surface area contributed by atoms with Crippen molar-refractivity contribution in [1.29, 1.82) is 0 Å². The fourth-order valence-corrected chi connectivity index (χ4v) is 3.25. The highest BCUT2D eigenvalue weighted by Crippen LogP contribution is 2.41. The zero-order valence-electron chi connectivity index (χ0n) is 10.2. The van der Waals surface area contributed by atoms with Crippen molar-refractivity contribution in [3.8, 4) is 0 Å². The summed E-state index contributed by atoms with van der Waals surface area (Å²) in [6, 6.07) is 1.09. The molecule has 1 aromatic carbocycles. The molecule has 0 bridgehead atoms. The minimum Gasteiger partial charge on any atom is -0.375 e. The third kappa shape index (κ3) is 2.05. The smallest absolute Gasteiger partial charge is 0.375 e. The Kier molecular flexibility index (Phi) is 3.01. The number of nitrogens with two attached hydrogens (primary N) is 1. The van der Waals surface area contributed by atoms with Gasteiger partial charge in [0.05, 0.1) is 15.8 Å². The number of nitrogen functional groups attached to an aromatic ring is 1. The highest BCUT2D eigenvalue weighted by Gasteiger charge is 2.34. The molecule has 2 nitrogen and oxygen atoms in total. The topological polar surface area (TPSA) is 38.9 Å². The van der Waals surface area contributed by atoms with E-state index >= 15 is 0 Å². The van der Waals surface area contributed by atoms with Gasteiger partial charge in [0.25, 0.3) is 0 Å². The highest BCUT2D eigenvalue weighted by atomic mass is 32.1. The summed E-state index contributed by atoms with van der Waals surface area (Å²) >= 11 is 1.24. The molecule has 0 unspecified atom stereocenters. The average Bonchev–Trinajstić information content (AvgIpc) is 2.54. The van der Waals surface area contributed by atoms with Gasteiger partial charge < -0.3 is 5.73 Å². The van der Waals surface area contributed by atoms with Crippen LogP contribution in [0.3, 0.4) is 0 Å². The maximum absolute atomic E-state index is 13.0. The van der Waals surface area contributed by atoms with Crippen LogP contribution in [0.15, 0.2) is 6.07 Å². The van der Waals surface area contributed by atoms with Gasteiger partial charge in [-0.05, 0) is 30.0 Å². The van der Waals surface area contributed by atoms with Gasteiger partial charge in [0.1, 0.15) is 0 Å². The minimum absolute atomic E-state index is 0.00495. The van der Waals surface area contributed by atoms with E-state index in [1.807, 2.05) is 13.8 Å². The van der Waals surface area contributed by atoms with Crippen molar-refractivity contribution in [1.82, 2.24) is 4.98 Å². The summed E-state index contributed by atoms with van der Waals surface area (Å²) in [5.74, 6) is -0.00495. The molecule has 6 heteroatoms. The van der Waals surface area contributed by atoms with Crippen molar-refractivity contribution in [3.05, 3.63) is 22.8 Å². The first-order valence-corrected chi connectivity index (χ1v) is 6.30. The maximum Gasteiger partial charge on any atom is 0.416 e. The van der Waals surface area contributed by atoms with Gasteiger partial charge >= 0.3 is 6.18 Å². The number of aromatic nitrogens is 1. The molecule has 18 heavy (non-hydrogen) atoms. The first-order valence-electron chi connectivity index (χ1n) is 5.48. The van der Waals surface area contributed by atoms with E-state index in [0.717, 1.165) is 10.8 Å². The van der Waals surface area contributed by atoms with Gasteiger partial charge in [-0.1, -0.05) is 25.2 Å².